The fourth-order valence-electron chi connectivity index (χ4n) is 7.56. The van der Waals surface area contributed by atoms with Crippen LogP contribution in [-0.2, 0) is 9.59 Å². The number of hydrogen-bond donors (Lipinski definition) is 4. The summed E-state index contributed by atoms with van der Waals surface area (Å²) in [6, 6.07) is 3.80. The molecule has 1 heterocycles. The first kappa shape index (κ1) is 24.7. The van der Waals surface area contributed by atoms with E-state index in [-0.39, 0.29) is 36.2 Å². The van der Waals surface area contributed by atoms with Crippen LogP contribution in [0.2, 0.25) is 0 Å². The highest BCUT2D eigenvalue weighted by molar-refractivity contribution is 8.23. The van der Waals surface area contributed by atoms with Gasteiger partial charge in [0.25, 0.3) is 0 Å². The molecule has 9 nitrogen and oxygen atoms in total. The molecule has 5 aliphatic rings. The number of methoxy groups -OCH3 is 1. The van der Waals surface area contributed by atoms with Gasteiger partial charge in [0.2, 0.25) is 11.8 Å². The number of anilines is 1. The van der Waals surface area contributed by atoms with Crippen molar-refractivity contribution in [2.45, 2.75) is 58.4 Å². The minimum absolute atomic E-state index is 0.0280. The van der Waals surface area contributed by atoms with E-state index in [9.17, 15) is 18.7 Å². The molecule has 2 amide bonds. The fourth-order valence-corrected chi connectivity index (χ4v) is 9.41. The third kappa shape index (κ3) is 4.18. The fraction of sp³-hybridized carbons (Fsp3) is 0.680. The molecule has 1 aromatic rings. The van der Waals surface area contributed by atoms with Crippen molar-refractivity contribution in [1.82, 2.24) is 9.62 Å². The highest BCUT2D eigenvalue weighted by atomic mass is 32.3. The number of primary amides is 1. The van der Waals surface area contributed by atoms with Crippen LogP contribution >= 0.6 is 11.0 Å². The molecule has 0 radical (unpaired) electrons. The Hall–Kier alpha value is -2.01. The predicted molar refractivity (Wildman–Crippen MR) is 136 cm³/mol. The first-order valence-electron chi connectivity index (χ1n) is 12.6. The van der Waals surface area contributed by atoms with E-state index in [1.54, 1.807) is 11.4 Å². The van der Waals surface area contributed by atoms with Gasteiger partial charge in [-0.2, -0.15) is 4.31 Å². The number of benzene rings is 1. The number of amides is 2. The summed E-state index contributed by atoms with van der Waals surface area (Å²) in [6.07, 6.45) is 5.17. The molecule has 35 heavy (non-hydrogen) atoms. The van der Waals surface area contributed by atoms with Crippen molar-refractivity contribution in [2.75, 3.05) is 31.0 Å². The Morgan fingerprint density at radius 2 is 1.77 bits per heavy atom. The topological polar surface area (TPSA) is 128 Å². The Kier molecular flexibility index (Phi) is 6.22. The molecule has 1 aromatic carbocycles. The van der Waals surface area contributed by atoms with Gasteiger partial charge in [-0.3, -0.25) is 23.0 Å². The largest absolute Gasteiger partial charge is 0.497 e. The van der Waals surface area contributed by atoms with E-state index in [0.29, 0.717) is 25.4 Å². The molecule has 0 spiro atoms. The number of aryl methyl sites for hydroxylation is 2. The number of carbonyl (C=O) groups is 2. The van der Waals surface area contributed by atoms with Gasteiger partial charge in [-0.1, -0.05) is 0 Å². The average Bonchev–Trinajstić information content (AvgIpc) is 2.77. The molecule has 10 heteroatoms. The SMILES string of the molecule is COc1cc(C)c(N2CCCN(CC(=O)NC3C4CC5CC3CC(C(N)=O)(C5)C4)S2(O)O)c(C)c1. The van der Waals surface area contributed by atoms with Crippen molar-refractivity contribution in [3.63, 3.8) is 0 Å². The van der Waals surface area contributed by atoms with Crippen molar-refractivity contribution in [2.24, 2.45) is 28.9 Å². The molecule has 194 valence electrons. The zero-order valence-electron chi connectivity index (χ0n) is 20.8. The average molecular weight is 507 g/mol. The van der Waals surface area contributed by atoms with Crippen LogP contribution < -0.4 is 20.1 Å². The van der Waals surface area contributed by atoms with Crippen LogP contribution in [0.15, 0.2) is 12.1 Å². The number of rotatable bonds is 6. The number of carbonyl (C=O) groups excluding carboxylic acids is 2. The van der Waals surface area contributed by atoms with Crippen LogP contribution in [0.5, 0.6) is 5.75 Å². The second kappa shape index (κ2) is 8.83. The van der Waals surface area contributed by atoms with Crippen LogP contribution in [0.3, 0.4) is 0 Å². The van der Waals surface area contributed by atoms with E-state index in [1.165, 1.54) is 4.31 Å². The lowest BCUT2D eigenvalue weighted by Crippen LogP contribution is -2.62. The van der Waals surface area contributed by atoms with Crippen LogP contribution in [0, 0.1) is 37.0 Å². The number of ether oxygens (including phenoxy) is 1. The lowest BCUT2D eigenvalue weighted by molar-refractivity contribution is -0.147. The minimum Gasteiger partial charge on any atom is -0.497 e. The molecule has 4 aliphatic carbocycles. The molecule has 4 saturated carbocycles. The van der Waals surface area contributed by atoms with E-state index in [0.717, 1.165) is 54.7 Å². The van der Waals surface area contributed by atoms with Gasteiger partial charge in [0, 0.05) is 24.5 Å². The van der Waals surface area contributed by atoms with E-state index in [1.807, 2.05) is 26.0 Å². The maximum atomic E-state index is 13.2. The Morgan fingerprint density at radius 3 is 2.34 bits per heavy atom. The van der Waals surface area contributed by atoms with Gasteiger partial charge in [-0.05, 0) is 104 Å². The molecule has 2 atom stereocenters. The summed E-state index contributed by atoms with van der Waals surface area (Å²) in [7, 11) is -1.74. The second-order valence-electron chi connectivity index (χ2n) is 11.1. The maximum Gasteiger partial charge on any atom is 0.236 e. The molecule has 1 saturated heterocycles. The smallest absolute Gasteiger partial charge is 0.236 e. The van der Waals surface area contributed by atoms with E-state index in [2.05, 4.69) is 5.32 Å². The summed E-state index contributed by atoms with van der Waals surface area (Å²) in [5.41, 5.74) is 7.96. The van der Waals surface area contributed by atoms with Crippen LogP contribution in [0.4, 0.5) is 5.69 Å². The number of nitrogens with two attached hydrogens (primary N) is 1. The van der Waals surface area contributed by atoms with Gasteiger partial charge < -0.3 is 15.8 Å². The molecule has 0 aromatic heterocycles. The molecule has 1 aliphatic heterocycles. The number of nitrogens with zero attached hydrogens (tertiary/aromatic N) is 2. The minimum atomic E-state index is -3.36. The van der Waals surface area contributed by atoms with Gasteiger partial charge in [-0.15, -0.1) is 0 Å². The zero-order chi connectivity index (χ0) is 25.1. The van der Waals surface area contributed by atoms with Gasteiger partial charge in [0.05, 0.1) is 19.3 Å². The Labute approximate surface area is 209 Å². The molecular formula is C25H38N4O5S. The summed E-state index contributed by atoms with van der Waals surface area (Å²) in [5.74, 6) is 1.39. The van der Waals surface area contributed by atoms with E-state index in [4.69, 9.17) is 10.5 Å². The second-order valence-corrected chi connectivity index (χ2v) is 13.1. The van der Waals surface area contributed by atoms with Gasteiger partial charge in [0.1, 0.15) is 5.75 Å². The first-order valence-corrected chi connectivity index (χ1v) is 14.1. The predicted octanol–water partition coefficient (Wildman–Crippen LogP) is 3.20. The van der Waals surface area contributed by atoms with E-state index >= 15 is 0 Å². The molecule has 6 rings (SSSR count). The van der Waals surface area contributed by atoms with Crippen molar-refractivity contribution < 1.29 is 23.4 Å². The zero-order valence-corrected chi connectivity index (χ0v) is 21.6. The standard InChI is InChI=1S/C25H38N4O5S/c1-15-7-20(34-3)8-16(2)23(15)29-6-4-5-28(35(29,32)33)14-21(30)27-22-18-9-17-10-19(22)13-25(11-17,12-18)24(26)31/h7-8,17-19,22,32-33H,4-6,9-14H2,1-3H3,(H2,26,31)(H,27,30). The van der Waals surface area contributed by atoms with Crippen molar-refractivity contribution in [3.8, 4) is 5.75 Å². The quantitative estimate of drug-likeness (QED) is 0.466. The molecule has 5 N–H and O–H groups in total. The number of hydrogen-bond acceptors (Lipinski definition) is 7. The molecule has 5 fully saturated rings. The highest BCUT2D eigenvalue weighted by Crippen LogP contribution is 2.60. The normalized spacial score (nSPS) is 34.5. The summed E-state index contributed by atoms with van der Waals surface area (Å²) >= 11 is 0. The number of nitrogens with one attached hydrogen (secondary N) is 1. The lowest BCUT2D eigenvalue weighted by Gasteiger charge is -2.59. The maximum absolute atomic E-state index is 13.2. The van der Waals surface area contributed by atoms with Gasteiger partial charge >= 0.3 is 0 Å². The summed E-state index contributed by atoms with van der Waals surface area (Å²) < 4.78 is 31.1. The summed E-state index contributed by atoms with van der Waals surface area (Å²) in [6.45, 7) is 4.71. The first-order chi connectivity index (χ1) is 16.5. The molecule has 2 unspecified atom stereocenters. The lowest BCUT2D eigenvalue weighted by atomic mass is 9.47. The highest BCUT2D eigenvalue weighted by Gasteiger charge is 2.58. The summed E-state index contributed by atoms with van der Waals surface area (Å²) in [4.78, 5) is 25.4. The van der Waals surface area contributed by atoms with Crippen LogP contribution in [0.1, 0.15) is 49.7 Å². The van der Waals surface area contributed by atoms with Crippen molar-refractivity contribution in [1.29, 1.82) is 0 Å². The summed E-state index contributed by atoms with van der Waals surface area (Å²) in [5, 5.41) is 3.22. The van der Waals surface area contributed by atoms with E-state index < -0.39 is 16.4 Å². The Balaban J connectivity index is 1.29. The Morgan fingerprint density at radius 1 is 1.14 bits per heavy atom. The monoisotopic (exact) mass is 506 g/mol. The van der Waals surface area contributed by atoms with Crippen molar-refractivity contribution >= 4 is 28.5 Å². The Bertz CT molecular complexity index is 994. The van der Waals surface area contributed by atoms with Crippen LogP contribution in [0.25, 0.3) is 0 Å². The third-order valence-electron chi connectivity index (χ3n) is 8.80. The van der Waals surface area contributed by atoms with Gasteiger partial charge in [0.15, 0.2) is 0 Å². The third-order valence-corrected chi connectivity index (χ3v) is 10.8. The van der Waals surface area contributed by atoms with Gasteiger partial charge in [-0.25, -0.2) is 0 Å². The molecule has 4 bridgehead atoms. The van der Waals surface area contributed by atoms with Crippen molar-refractivity contribution in [3.05, 3.63) is 23.3 Å². The molecular weight excluding hydrogens is 468 g/mol. The van der Waals surface area contributed by atoms with Crippen LogP contribution in [-0.4, -0.2) is 58.0 Å².